The molecular formula is C14H11N3O5. The Bertz CT molecular complexity index is 730. The minimum absolute atomic E-state index is 0.0243. The highest BCUT2D eigenvalue weighted by atomic mass is 16.6. The first kappa shape index (κ1) is 15.1. The maximum absolute atomic E-state index is 10.6. The summed E-state index contributed by atoms with van der Waals surface area (Å²) in [5, 5.41) is 25.0. The van der Waals surface area contributed by atoms with Gasteiger partial charge in [-0.15, -0.1) is 0 Å². The van der Waals surface area contributed by atoms with E-state index in [1.54, 1.807) is 24.3 Å². The molecule has 0 saturated carbocycles. The second-order valence-electron chi connectivity index (χ2n) is 4.29. The number of rotatable bonds is 6. The normalized spacial score (nSPS) is 10.5. The minimum atomic E-state index is -0.499. The topological polar surface area (TPSA) is 108 Å². The molecule has 0 aromatic heterocycles. The summed E-state index contributed by atoms with van der Waals surface area (Å²) >= 11 is 0. The lowest BCUT2D eigenvalue weighted by Crippen LogP contribution is -1.92. The van der Waals surface area contributed by atoms with Crippen LogP contribution < -0.4 is 0 Å². The van der Waals surface area contributed by atoms with Crippen LogP contribution in [0, 0.1) is 20.2 Å². The van der Waals surface area contributed by atoms with Crippen molar-refractivity contribution in [2.24, 2.45) is 5.16 Å². The predicted molar refractivity (Wildman–Crippen MR) is 78.6 cm³/mol. The Morgan fingerprint density at radius 3 is 2.32 bits per heavy atom. The van der Waals surface area contributed by atoms with Gasteiger partial charge in [0.05, 0.1) is 16.1 Å². The van der Waals surface area contributed by atoms with E-state index in [1.165, 1.54) is 30.5 Å². The molecule has 0 atom stereocenters. The molecule has 112 valence electrons. The molecule has 8 heteroatoms. The molecule has 0 aliphatic rings. The van der Waals surface area contributed by atoms with Crippen LogP contribution in [0.1, 0.15) is 11.1 Å². The standard InChI is InChI=1S/C14H11N3O5/c18-16(19)13-5-1-3-11(7-13)9-15-22-10-12-4-2-6-14(8-12)17(20)21/h1-9H,10H2. The van der Waals surface area contributed by atoms with E-state index in [4.69, 9.17) is 4.84 Å². The van der Waals surface area contributed by atoms with E-state index in [0.29, 0.717) is 11.1 Å². The van der Waals surface area contributed by atoms with Gasteiger partial charge in [0.2, 0.25) is 0 Å². The van der Waals surface area contributed by atoms with Gasteiger partial charge in [-0.3, -0.25) is 20.2 Å². The number of hydrogen-bond donors (Lipinski definition) is 0. The van der Waals surface area contributed by atoms with E-state index in [1.807, 2.05) is 0 Å². The van der Waals surface area contributed by atoms with Gasteiger partial charge in [0.15, 0.2) is 0 Å². The van der Waals surface area contributed by atoms with Crippen molar-refractivity contribution in [2.45, 2.75) is 6.61 Å². The van der Waals surface area contributed by atoms with E-state index in [0.717, 1.165) is 0 Å². The van der Waals surface area contributed by atoms with Gasteiger partial charge in [-0.1, -0.05) is 29.4 Å². The molecule has 0 heterocycles. The zero-order valence-corrected chi connectivity index (χ0v) is 11.3. The average molecular weight is 301 g/mol. The maximum atomic E-state index is 10.6. The molecule has 0 aliphatic carbocycles. The monoisotopic (exact) mass is 301 g/mol. The SMILES string of the molecule is O=[N+]([O-])c1cccc(C=NOCc2cccc([N+](=O)[O-])c2)c1. The number of non-ortho nitro benzene ring substituents is 2. The average Bonchev–Trinajstić information content (AvgIpc) is 2.52. The molecule has 0 amide bonds. The summed E-state index contributed by atoms with van der Waals surface area (Å²) < 4.78 is 0. The lowest BCUT2D eigenvalue weighted by molar-refractivity contribution is -0.385. The lowest BCUT2D eigenvalue weighted by atomic mass is 10.2. The molecule has 2 aromatic carbocycles. The van der Waals surface area contributed by atoms with Crippen molar-refractivity contribution in [1.29, 1.82) is 0 Å². The second kappa shape index (κ2) is 6.93. The summed E-state index contributed by atoms with van der Waals surface area (Å²) in [5.74, 6) is 0. The fraction of sp³-hybridized carbons (Fsp3) is 0.0714. The summed E-state index contributed by atoms with van der Waals surface area (Å²) in [6.45, 7) is 0.0626. The summed E-state index contributed by atoms with van der Waals surface area (Å²) in [5.41, 5.74) is 1.06. The molecule has 0 saturated heterocycles. The van der Waals surface area contributed by atoms with Crippen molar-refractivity contribution in [1.82, 2.24) is 0 Å². The summed E-state index contributed by atoms with van der Waals surface area (Å²) in [6, 6.07) is 11.9. The van der Waals surface area contributed by atoms with Gasteiger partial charge >= 0.3 is 0 Å². The number of oxime groups is 1. The largest absolute Gasteiger partial charge is 0.391 e. The summed E-state index contributed by atoms with van der Waals surface area (Å²) in [4.78, 5) is 25.3. The first-order chi connectivity index (χ1) is 10.6. The third kappa shape index (κ3) is 4.10. The van der Waals surface area contributed by atoms with Crippen LogP contribution in [0.4, 0.5) is 11.4 Å². The third-order valence-electron chi connectivity index (χ3n) is 2.71. The van der Waals surface area contributed by atoms with Crippen LogP contribution in [0.2, 0.25) is 0 Å². The van der Waals surface area contributed by atoms with Gasteiger partial charge in [-0.05, 0) is 5.56 Å². The van der Waals surface area contributed by atoms with E-state index >= 15 is 0 Å². The highest BCUT2D eigenvalue weighted by Gasteiger charge is 2.06. The molecule has 0 radical (unpaired) electrons. The van der Waals surface area contributed by atoms with Crippen molar-refractivity contribution >= 4 is 17.6 Å². The number of benzene rings is 2. The van der Waals surface area contributed by atoms with Crippen molar-refractivity contribution in [2.75, 3.05) is 0 Å². The molecule has 8 nitrogen and oxygen atoms in total. The van der Waals surface area contributed by atoms with Crippen LogP contribution in [0.5, 0.6) is 0 Å². The Hall–Kier alpha value is -3.29. The highest BCUT2D eigenvalue weighted by molar-refractivity contribution is 5.80. The van der Waals surface area contributed by atoms with Gasteiger partial charge < -0.3 is 4.84 Å². The van der Waals surface area contributed by atoms with Crippen molar-refractivity contribution < 1.29 is 14.7 Å². The van der Waals surface area contributed by atoms with Crippen molar-refractivity contribution in [3.05, 3.63) is 79.9 Å². The molecule has 0 bridgehead atoms. The molecular weight excluding hydrogens is 290 g/mol. The number of nitro groups is 2. The molecule has 0 unspecified atom stereocenters. The van der Waals surface area contributed by atoms with E-state index in [2.05, 4.69) is 5.16 Å². The Morgan fingerprint density at radius 2 is 1.64 bits per heavy atom. The van der Waals surface area contributed by atoms with E-state index < -0.39 is 9.85 Å². The van der Waals surface area contributed by atoms with Crippen LogP contribution in [0.25, 0.3) is 0 Å². The van der Waals surface area contributed by atoms with Crippen LogP contribution >= 0.6 is 0 Å². The smallest absolute Gasteiger partial charge is 0.270 e. The fourth-order valence-corrected chi connectivity index (χ4v) is 1.69. The number of nitrogens with zero attached hydrogens (tertiary/aromatic N) is 3. The quantitative estimate of drug-likeness (QED) is 0.463. The van der Waals surface area contributed by atoms with Crippen molar-refractivity contribution in [3.63, 3.8) is 0 Å². The second-order valence-corrected chi connectivity index (χ2v) is 4.29. The fourth-order valence-electron chi connectivity index (χ4n) is 1.69. The van der Waals surface area contributed by atoms with Crippen LogP contribution in [0.15, 0.2) is 53.7 Å². The molecule has 2 aromatic rings. The van der Waals surface area contributed by atoms with Crippen LogP contribution in [0.3, 0.4) is 0 Å². The zero-order valence-electron chi connectivity index (χ0n) is 11.3. The molecule has 0 aliphatic heterocycles. The van der Waals surface area contributed by atoms with Gasteiger partial charge in [-0.2, -0.15) is 0 Å². The molecule has 2 rings (SSSR count). The zero-order chi connectivity index (χ0) is 15.9. The van der Waals surface area contributed by atoms with Gasteiger partial charge in [0.25, 0.3) is 11.4 Å². The third-order valence-corrected chi connectivity index (χ3v) is 2.71. The van der Waals surface area contributed by atoms with Crippen LogP contribution in [-0.4, -0.2) is 16.1 Å². The summed E-state index contributed by atoms with van der Waals surface area (Å²) in [7, 11) is 0. The van der Waals surface area contributed by atoms with Gasteiger partial charge in [0.1, 0.15) is 6.61 Å². The Morgan fingerprint density at radius 1 is 1.00 bits per heavy atom. The first-order valence-corrected chi connectivity index (χ1v) is 6.19. The van der Waals surface area contributed by atoms with Gasteiger partial charge in [0, 0.05) is 29.8 Å². The summed E-state index contributed by atoms with van der Waals surface area (Å²) in [6.07, 6.45) is 1.34. The minimum Gasteiger partial charge on any atom is -0.391 e. The van der Waals surface area contributed by atoms with Gasteiger partial charge in [-0.25, -0.2) is 0 Å². The van der Waals surface area contributed by atoms with E-state index in [9.17, 15) is 20.2 Å². The van der Waals surface area contributed by atoms with Crippen molar-refractivity contribution in [3.8, 4) is 0 Å². The maximum Gasteiger partial charge on any atom is 0.270 e. The van der Waals surface area contributed by atoms with E-state index in [-0.39, 0.29) is 18.0 Å². The number of nitro benzene ring substituents is 2. The Labute approximate surface area is 124 Å². The lowest BCUT2D eigenvalue weighted by Gasteiger charge is -2.00. The molecule has 0 N–H and O–H groups in total. The Kier molecular flexibility index (Phi) is 4.76. The first-order valence-electron chi connectivity index (χ1n) is 6.19. The predicted octanol–water partition coefficient (Wildman–Crippen LogP) is 3.05. The molecule has 0 spiro atoms. The Balaban J connectivity index is 1.96. The molecule has 22 heavy (non-hydrogen) atoms. The molecule has 0 fully saturated rings. The highest BCUT2D eigenvalue weighted by Crippen LogP contribution is 2.14. The van der Waals surface area contributed by atoms with Crippen LogP contribution in [-0.2, 0) is 11.4 Å². The number of hydrogen-bond acceptors (Lipinski definition) is 6.